The highest BCUT2D eigenvalue weighted by molar-refractivity contribution is 6.39. The molecule has 0 aliphatic carbocycles. The van der Waals surface area contributed by atoms with Gasteiger partial charge in [-0.3, -0.25) is 4.79 Å². The molecule has 232 valence electrons. The van der Waals surface area contributed by atoms with Gasteiger partial charge in [-0.2, -0.15) is 0 Å². The zero-order chi connectivity index (χ0) is 31.2. The quantitative estimate of drug-likeness (QED) is 0.263. The van der Waals surface area contributed by atoms with Gasteiger partial charge in [0.15, 0.2) is 17.8 Å². The number of halogens is 2. The number of ether oxygens (including phenoxy) is 5. The Morgan fingerprint density at radius 2 is 1.74 bits per heavy atom. The average molecular weight is 632 g/mol. The number of benzene rings is 2. The van der Waals surface area contributed by atoms with Crippen LogP contribution in [0.3, 0.4) is 0 Å². The van der Waals surface area contributed by atoms with E-state index < -0.39 is 54.9 Å². The molecule has 2 amide bonds. The van der Waals surface area contributed by atoms with Crippen LogP contribution in [-0.2, 0) is 27.4 Å². The molecule has 14 heteroatoms. The summed E-state index contributed by atoms with van der Waals surface area (Å²) in [6.07, 6.45) is -5.80. The van der Waals surface area contributed by atoms with E-state index in [0.29, 0.717) is 0 Å². The third-order valence-corrected chi connectivity index (χ3v) is 6.83. The first-order valence-corrected chi connectivity index (χ1v) is 13.7. The Morgan fingerprint density at radius 1 is 1.05 bits per heavy atom. The molecule has 1 fully saturated rings. The molecular weight excluding hydrogens is 595 g/mol. The zero-order valence-corrected chi connectivity index (χ0v) is 25.4. The van der Waals surface area contributed by atoms with Crippen molar-refractivity contribution in [1.29, 1.82) is 0 Å². The number of nitrogens with one attached hydrogen (secondary N) is 2. The number of aliphatic hydroxyl groups is 3. The average Bonchev–Trinajstić information content (AvgIpc) is 2.93. The van der Waals surface area contributed by atoms with Crippen molar-refractivity contribution >= 4 is 35.2 Å². The van der Waals surface area contributed by atoms with Crippen LogP contribution in [0.2, 0.25) is 10.0 Å². The number of methoxy groups -OCH3 is 2. The van der Waals surface area contributed by atoms with Crippen LogP contribution in [-0.4, -0.2) is 84.4 Å². The van der Waals surface area contributed by atoms with Gasteiger partial charge < -0.3 is 49.6 Å². The lowest BCUT2D eigenvalue weighted by atomic mass is 9.96. The van der Waals surface area contributed by atoms with Crippen molar-refractivity contribution in [3.05, 3.63) is 57.1 Å². The first kappa shape index (κ1) is 33.7. The van der Waals surface area contributed by atoms with Gasteiger partial charge in [-0.15, -0.1) is 0 Å². The summed E-state index contributed by atoms with van der Waals surface area (Å²) >= 11 is 13.0. The van der Waals surface area contributed by atoms with Crippen LogP contribution in [0.1, 0.15) is 42.3 Å². The highest BCUT2D eigenvalue weighted by Gasteiger charge is 2.45. The molecule has 1 aliphatic rings. The van der Waals surface area contributed by atoms with Gasteiger partial charge in [-0.25, -0.2) is 4.79 Å². The molecule has 0 aromatic heterocycles. The minimum absolute atomic E-state index is 0.0119. The second-order valence-electron chi connectivity index (χ2n) is 10.5. The molecule has 2 aromatic carbocycles. The molecule has 1 aliphatic heterocycles. The van der Waals surface area contributed by atoms with Gasteiger partial charge in [0.2, 0.25) is 0 Å². The molecule has 0 unspecified atom stereocenters. The minimum atomic E-state index is -1.51. The topological polar surface area (TPSA) is 165 Å². The summed E-state index contributed by atoms with van der Waals surface area (Å²) in [5, 5.41) is 35.4. The molecule has 0 bridgehead atoms. The first-order valence-electron chi connectivity index (χ1n) is 13.0. The summed E-state index contributed by atoms with van der Waals surface area (Å²) in [5.74, 6) is -0.726. The largest absolute Gasteiger partial charge is 0.494 e. The van der Waals surface area contributed by atoms with Crippen LogP contribution < -0.4 is 20.1 Å². The number of hydrogen-bond acceptors (Lipinski definition) is 10. The molecule has 2 aromatic rings. The Balaban J connectivity index is 1.73. The molecule has 5 atom stereocenters. The van der Waals surface area contributed by atoms with E-state index in [1.165, 1.54) is 20.3 Å². The van der Waals surface area contributed by atoms with E-state index in [9.17, 15) is 24.9 Å². The van der Waals surface area contributed by atoms with Gasteiger partial charge in [-0.1, -0.05) is 47.5 Å². The van der Waals surface area contributed by atoms with Crippen molar-refractivity contribution in [3.8, 4) is 11.5 Å². The second-order valence-corrected chi connectivity index (χ2v) is 11.3. The van der Waals surface area contributed by atoms with Crippen molar-refractivity contribution in [1.82, 2.24) is 10.6 Å². The SMILES string of the molecule is COc1c(C(=O)N[C@H]2[C@H](OC)O[C@H](CO)[C@@H](O)[C@@H]2O)cc(Cl)c(OCc2cccc(CNC(=O)OC(C)(C)C)c2)c1Cl. The molecule has 0 radical (unpaired) electrons. The van der Waals surface area contributed by atoms with Crippen molar-refractivity contribution < 1.29 is 48.6 Å². The van der Waals surface area contributed by atoms with Gasteiger partial charge in [0, 0.05) is 13.7 Å². The van der Waals surface area contributed by atoms with Gasteiger partial charge in [0.1, 0.15) is 41.6 Å². The van der Waals surface area contributed by atoms with E-state index in [2.05, 4.69) is 10.6 Å². The van der Waals surface area contributed by atoms with E-state index >= 15 is 0 Å². The molecule has 0 spiro atoms. The maximum absolute atomic E-state index is 13.2. The smallest absolute Gasteiger partial charge is 0.407 e. The molecule has 1 saturated heterocycles. The minimum Gasteiger partial charge on any atom is -0.494 e. The second kappa shape index (κ2) is 14.6. The van der Waals surface area contributed by atoms with Crippen molar-refractivity contribution in [2.24, 2.45) is 0 Å². The van der Waals surface area contributed by atoms with E-state index in [1.807, 2.05) is 18.2 Å². The number of carbonyl (C=O) groups excluding carboxylic acids is 2. The standard InChI is InChI=1S/C28H36Cl2N2O10/c1-28(2,3)42-27(37)31-11-14-7-6-8-15(9-14)13-40-24-17(29)10-16(23(38-4)19(24)30)25(36)32-20-22(35)21(34)18(12-33)41-26(20)39-5/h6-10,18,20-22,26,33-35H,11-13H2,1-5H3,(H,31,37)(H,32,36)/t18-,20-,21-,22-,26-/m1/s1. The number of amides is 2. The fourth-order valence-corrected chi connectivity index (χ4v) is 4.87. The van der Waals surface area contributed by atoms with E-state index in [4.69, 9.17) is 46.9 Å². The third-order valence-electron chi connectivity index (χ3n) is 6.20. The Kier molecular flexibility index (Phi) is 11.7. The first-order chi connectivity index (χ1) is 19.8. The van der Waals surface area contributed by atoms with Crippen LogP contribution in [0.25, 0.3) is 0 Å². The normalized spacial score (nSPS) is 22.3. The van der Waals surface area contributed by atoms with Crippen LogP contribution in [0.4, 0.5) is 4.79 Å². The van der Waals surface area contributed by atoms with Crippen LogP contribution in [0, 0.1) is 0 Å². The maximum Gasteiger partial charge on any atom is 0.407 e. The Hall–Kier alpha value is -2.84. The van der Waals surface area contributed by atoms with Gasteiger partial charge in [0.25, 0.3) is 5.91 Å². The molecule has 42 heavy (non-hydrogen) atoms. The lowest BCUT2D eigenvalue weighted by molar-refractivity contribution is -0.261. The molecular formula is C28H36Cl2N2O10. The molecule has 12 nitrogen and oxygen atoms in total. The van der Waals surface area contributed by atoms with E-state index in [0.717, 1.165) is 11.1 Å². The number of rotatable bonds is 10. The van der Waals surface area contributed by atoms with Crippen LogP contribution >= 0.6 is 23.2 Å². The van der Waals surface area contributed by atoms with E-state index in [1.54, 1.807) is 26.8 Å². The lowest BCUT2D eigenvalue weighted by Gasteiger charge is -2.41. The predicted molar refractivity (Wildman–Crippen MR) is 153 cm³/mol. The number of hydrogen-bond donors (Lipinski definition) is 5. The third kappa shape index (κ3) is 8.38. The maximum atomic E-state index is 13.2. The molecule has 3 rings (SSSR count). The highest BCUT2D eigenvalue weighted by Crippen LogP contribution is 2.43. The predicted octanol–water partition coefficient (Wildman–Crippen LogP) is 2.79. The number of alkyl carbamates (subject to hydrolysis) is 1. The van der Waals surface area contributed by atoms with Gasteiger partial charge in [-0.05, 0) is 38.0 Å². The van der Waals surface area contributed by atoms with Crippen LogP contribution in [0.15, 0.2) is 30.3 Å². The molecule has 5 N–H and O–H groups in total. The molecule has 1 heterocycles. The fourth-order valence-electron chi connectivity index (χ4n) is 4.22. The summed E-state index contributed by atoms with van der Waals surface area (Å²) in [7, 11) is 2.60. The summed E-state index contributed by atoms with van der Waals surface area (Å²) in [5.41, 5.74) is 0.876. The summed E-state index contributed by atoms with van der Waals surface area (Å²) in [6, 6.07) is 7.38. The van der Waals surface area contributed by atoms with Crippen molar-refractivity contribution in [3.63, 3.8) is 0 Å². The van der Waals surface area contributed by atoms with Crippen molar-refractivity contribution in [2.75, 3.05) is 20.8 Å². The Labute approximate surface area is 253 Å². The van der Waals surface area contributed by atoms with Crippen molar-refractivity contribution in [2.45, 2.75) is 70.2 Å². The van der Waals surface area contributed by atoms with Gasteiger partial charge >= 0.3 is 6.09 Å². The van der Waals surface area contributed by atoms with E-state index in [-0.39, 0.29) is 40.3 Å². The summed E-state index contributed by atoms with van der Waals surface area (Å²) < 4.78 is 27.2. The number of aliphatic hydroxyl groups excluding tert-OH is 3. The lowest BCUT2D eigenvalue weighted by Crippen LogP contribution is -2.64. The monoisotopic (exact) mass is 630 g/mol. The fraction of sp³-hybridized carbons (Fsp3) is 0.500. The summed E-state index contributed by atoms with van der Waals surface area (Å²) in [4.78, 5) is 25.2. The zero-order valence-electron chi connectivity index (χ0n) is 23.9. The van der Waals surface area contributed by atoms with Crippen LogP contribution in [0.5, 0.6) is 11.5 Å². The highest BCUT2D eigenvalue weighted by atomic mass is 35.5. The summed E-state index contributed by atoms with van der Waals surface area (Å²) in [6.45, 7) is 5.07. The Bertz CT molecular complexity index is 1250. The van der Waals surface area contributed by atoms with Gasteiger partial charge in [0.05, 0.1) is 24.3 Å². The number of carbonyl (C=O) groups is 2. The molecule has 0 saturated carbocycles. The Morgan fingerprint density at radius 3 is 2.36 bits per heavy atom.